The molecule has 0 spiro atoms. The fourth-order valence-corrected chi connectivity index (χ4v) is 2.23. The molecule has 0 radical (unpaired) electrons. The van der Waals surface area contributed by atoms with E-state index in [0.29, 0.717) is 0 Å². The maximum absolute atomic E-state index is 4.04. The molecule has 0 atom stereocenters. The van der Waals surface area contributed by atoms with Gasteiger partial charge in [-0.2, -0.15) is 0 Å². The van der Waals surface area contributed by atoms with Crippen molar-refractivity contribution in [1.29, 1.82) is 0 Å². The summed E-state index contributed by atoms with van der Waals surface area (Å²) in [4.78, 5) is 4.02. The van der Waals surface area contributed by atoms with Crippen molar-refractivity contribution in [3.63, 3.8) is 0 Å². The van der Waals surface area contributed by atoms with Crippen LogP contribution in [0.25, 0.3) is 10.6 Å². The molecule has 0 aliphatic heterocycles. The number of hydrogen-bond donors (Lipinski definition) is 0. The number of pyridine rings is 1. The van der Waals surface area contributed by atoms with E-state index in [1.165, 1.54) is 11.3 Å². The SMILES string of the molecule is Cc1cnccc1-c1nnc(Br)s1. The quantitative estimate of drug-likeness (QED) is 0.787. The Bertz CT molecular complexity index is 427. The van der Waals surface area contributed by atoms with Gasteiger partial charge in [0.25, 0.3) is 0 Å². The first-order valence-electron chi connectivity index (χ1n) is 3.67. The smallest absolute Gasteiger partial charge is 0.183 e. The van der Waals surface area contributed by atoms with Gasteiger partial charge in [0, 0.05) is 18.0 Å². The molecule has 0 saturated heterocycles. The third-order valence-electron chi connectivity index (χ3n) is 1.65. The monoisotopic (exact) mass is 255 g/mol. The summed E-state index contributed by atoms with van der Waals surface area (Å²) < 4.78 is 0.804. The second kappa shape index (κ2) is 3.51. The molecule has 3 nitrogen and oxygen atoms in total. The number of aryl methyl sites for hydroxylation is 1. The zero-order valence-corrected chi connectivity index (χ0v) is 9.26. The van der Waals surface area contributed by atoms with Gasteiger partial charge < -0.3 is 0 Å². The molecule has 0 amide bonds. The third-order valence-corrected chi connectivity index (χ3v) is 3.04. The van der Waals surface area contributed by atoms with Crippen LogP contribution in [0.3, 0.4) is 0 Å². The standard InChI is InChI=1S/C8H6BrN3S/c1-5-4-10-3-2-6(5)7-11-12-8(9)13-7/h2-4H,1H3. The van der Waals surface area contributed by atoms with Gasteiger partial charge in [-0.25, -0.2) is 0 Å². The van der Waals surface area contributed by atoms with E-state index in [1.807, 2.05) is 19.2 Å². The lowest BCUT2D eigenvalue weighted by molar-refractivity contribution is 1.07. The fraction of sp³-hybridized carbons (Fsp3) is 0.125. The minimum Gasteiger partial charge on any atom is -0.264 e. The summed E-state index contributed by atoms with van der Waals surface area (Å²) in [7, 11) is 0. The van der Waals surface area contributed by atoms with Crippen molar-refractivity contribution in [1.82, 2.24) is 15.2 Å². The summed E-state index contributed by atoms with van der Waals surface area (Å²) in [5.74, 6) is 0. The maximum Gasteiger partial charge on any atom is 0.183 e. The van der Waals surface area contributed by atoms with E-state index in [4.69, 9.17) is 0 Å². The van der Waals surface area contributed by atoms with Gasteiger partial charge >= 0.3 is 0 Å². The summed E-state index contributed by atoms with van der Waals surface area (Å²) in [6.07, 6.45) is 3.59. The first-order valence-corrected chi connectivity index (χ1v) is 5.28. The largest absolute Gasteiger partial charge is 0.264 e. The Hall–Kier alpha value is -0.810. The zero-order chi connectivity index (χ0) is 9.26. The highest BCUT2D eigenvalue weighted by atomic mass is 79.9. The van der Waals surface area contributed by atoms with Crippen molar-refractivity contribution in [3.8, 4) is 10.6 Å². The van der Waals surface area contributed by atoms with Crippen LogP contribution in [0.4, 0.5) is 0 Å². The van der Waals surface area contributed by atoms with E-state index in [1.54, 1.807) is 6.20 Å². The van der Waals surface area contributed by atoms with E-state index in [-0.39, 0.29) is 0 Å². The molecule has 2 aromatic heterocycles. The van der Waals surface area contributed by atoms with E-state index in [0.717, 1.165) is 20.1 Å². The van der Waals surface area contributed by atoms with Gasteiger partial charge in [-0.1, -0.05) is 11.3 Å². The zero-order valence-electron chi connectivity index (χ0n) is 6.86. The summed E-state index contributed by atoms with van der Waals surface area (Å²) in [5, 5.41) is 8.86. The number of nitrogens with zero attached hydrogens (tertiary/aromatic N) is 3. The molecule has 2 heterocycles. The van der Waals surface area contributed by atoms with E-state index in [9.17, 15) is 0 Å². The minimum absolute atomic E-state index is 0.804. The van der Waals surface area contributed by atoms with Crippen LogP contribution in [0.2, 0.25) is 0 Å². The molecule has 0 unspecified atom stereocenters. The topological polar surface area (TPSA) is 38.7 Å². The van der Waals surface area contributed by atoms with Crippen LogP contribution >= 0.6 is 27.3 Å². The lowest BCUT2D eigenvalue weighted by Crippen LogP contribution is -1.83. The Balaban J connectivity index is 2.52. The Kier molecular flexibility index (Phi) is 2.37. The van der Waals surface area contributed by atoms with Crippen molar-refractivity contribution in [2.24, 2.45) is 0 Å². The van der Waals surface area contributed by atoms with Crippen LogP contribution in [0.5, 0.6) is 0 Å². The molecular weight excluding hydrogens is 250 g/mol. The summed E-state index contributed by atoms with van der Waals surface area (Å²) >= 11 is 4.80. The van der Waals surface area contributed by atoms with Crippen LogP contribution in [-0.4, -0.2) is 15.2 Å². The van der Waals surface area contributed by atoms with Crippen LogP contribution in [0.15, 0.2) is 22.4 Å². The molecular formula is C8H6BrN3S. The van der Waals surface area contributed by atoms with Crippen molar-refractivity contribution in [2.75, 3.05) is 0 Å². The number of rotatable bonds is 1. The first kappa shape index (κ1) is 8.77. The van der Waals surface area contributed by atoms with E-state index >= 15 is 0 Å². The Morgan fingerprint density at radius 1 is 1.38 bits per heavy atom. The van der Waals surface area contributed by atoms with Crippen molar-refractivity contribution >= 4 is 27.3 Å². The third kappa shape index (κ3) is 1.76. The Morgan fingerprint density at radius 3 is 2.85 bits per heavy atom. The predicted molar refractivity (Wildman–Crippen MR) is 55.6 cm³/mol. The fourth-order valence-electron chi connectivity index (χ4n) is 1.03. The molecule has 5 heteroatoms. The number of hydrogen-bond acceptors (Lipinski definition) is 4. The molecule has 0 aromatic carbocycles. The van der Waals surface area contributed by atoms with Gasteiger partial charge in [-0.15, -0.1) is 10.2 Å². The van der Waals surface area contributed by atoms with Gasteiger partial charge in [0.15, 0.2) is 3.92 Å². The van der Waals surface area contributed by atoms with Gasteiger partial charge in [-0.3, -0.25) is 4.98 Å². The predicted octanol–water partition coefficient (Wildman–Crippen LogP) is 2.67. The number of halogens is 1. The molecule has 2 aromatic rings. The van der Waals surface area contributed by atoms with Gasteiger partial charge in [-0.05, 0) is 34.5 Å². The molecule has 0 bridgehead atoms. The maximum atomic E-state index is 4.04. The highest BCUT2D eigenvalue weighted by molar-refractivity contribution is 9.11. The van der Waals surface area contributed by atoms with Crippen molar-refractivity contribution in [3.05, 3.63) is 27.9 Å². The highest BCUT2D eigenvalue weighted by Gasteiger charge is 2.06. The minimum atomic E-state index is 0.804. The van der Waals surface area contributed by atoms with Gasteiger partial charge in [0.1, 0.15) is 5.01 Å². The molecule has 0 aliphatic carbocycles. The van der Waals surface area contributed by atoms with Gasteiger partial charge in [0.2, 0.25) is 0 Å². The summed E-state index contributed by atoms with van der Waals surface area (Å²) in [5.41, 5.74) is 2.21. The van der Waals surface area contributed by atoms with Crippen molar-refractivity contribution in [2.45, 2.75) is 6.92 Å². The average Bonchev–Trinajstić information content (AvgIpc) is 2.53. The van der Waals surface area contributed by atoms with E-state index in [2.05, 4.69) is 31.1 Å². The van der Waals surface area contributed by atoms with Crippen LogP contribution in [0, 0.1) is 6.92 Å². The Morgan fingerprint density at radius 2 is 2.23 bits per heavy atom. The number of aromatic nitrogens is 3. The van der Waals surface area contributed by atoms with Gasteiger partial charge in [0.05, 0.1) is 0 Å². The van der Waals surface area contributed by atoms with Crippen molar-refractivity contribution < 1.29 is 0 Å². The van der Waals surface area contributed by atoms with E-state index < -0.39 is 0 Å². The summed E-state index contributed by atoms with van der Waals surface area (Å²) in [6, 6.07) is 1.95. The average molecular weight is 256 g/mol. The lowest BCUT2D eigenvalue weighted by Gasteiger charge is -1.97. The molecule has 13 heavy (non-hydrogen) atoms. The highest BCUT2D eigenvalue weighted by Crippen LogP contribution is 2.27. The molecule has 0 saturated carbocycles. The lowest BCUT2D eigenvalue weighted by atomic mass is 10.2. The first-order chi connectivity index (χ1) is 6.27. The molecule has 0 aliphatic rings. The van der Waals surface area contributed by atoms with Crippen LogP contribution in [0.1, 0.15) is 5.56 Å². The molecule has 2 rings (SSSR count). The summed E-state index contributed by atoms with van der Waals surface area (Å²) in [6.45, 7) is 2.01. The molecule has 0 N–H and O–H groups in total. The molecule has 66 valence electrons. The second-order valence-corrected chi connectivity index (χ2v) is 4.80. The van der Waals surface area contributed by atoms with Crippen LogP contribution in [-0.2, 0) is 0 Å². The van der Waals surface area contributed by atoms with Crippen LogP contribution < -0.4 is 0 Å². The normalized spacial score (nSPS) is 10.3. The Labute approximate surface area is 88.0 Å². The second-order valence-electron chi connectivity index (χ2n) is 2.55. The molecule has 0 fully saturated rings.